The van der Waals surface area contributed by atoms with Crippen LogP contribution in [0.2, 0.25) is 10.0 Å². The van der Waals surface area contributed by atoms with E-state index in [9.17, 15) is 14.7 Å². The highest BCUT2D eigenvalue weighted by Crippen LogP contribution is 2.22. The van der Waals surface area contributed by atoms with E-state index in [0.717, 1.165) is 0 Å². The number of carbonyl (C=O) groups excluding carboxylic acids is 1. The van der Waals surface area contributed by atoms with Crippen molar-refractivity contribution in [3.8, 4) is 0 Å². The van der Waals surface area contributed by atoms with Gasteiger partial charge in [-0.15, -0.1) is 0 Å². The predicted molar refractivity (Wildman–Crippen MR) is 108 cm³/mol. The number of nitrogens with one attached hydrogen (secondary N) is 1. The minimum atomic E-state index is -1.04. The van der Waals surface area contributed by atoms with Crippen LogP contribution in [0.1, 0.15) is 25.0 Å². The third-order valence-corrected chi connectivity index (χ3v) is 4.27. The molecule has 28 heavy (non-hydrogen) atoms. The summed E-state index contributed by atoms with van der Waals surface area (Å²) in [6.45, 7) is 3.54. The average molecular weight is 426 g/mol. The molecule has 0 fully saturated rings. The molecule has 8 heteroatoms. The Morgan fingerprint density at radius 3 is 2.54 bits per heavy atom. The van der Waals surface area contributed by atoms with Gasteiger partial charge in [0, 0.05) is 27.7 Å². The van der Waals surface area contributed by atoms with Gasteiger partial charge in [0.15, 0.2) is 6.10 Å². The SMILES string of the molecule is CC(C)OC(Cc1cccc(NC(=O)OCc2ccc(Cl)cc2Cl)c1)C(=O)O. The summed E-state index contributed by atoms with van der Waals surface area (Å²) in [5, 5.41) is 12.8. The van der Waals surface area contributed by atoms with Gasteiger partial charge in [-0.1, -0.05) is 41.4 Å². The first-order valence-corrected chi connectivity index (χ1v) is 9.35. The van der Waals surface area contributed by atoms with Crippen LogP contribution in [0.15, 0.2) is 42.5 Å². The lowest BCUT2D eigenvalue weighted by Crippen LogP contribution is -2.29. The standard InChI is InChI=1S/C20H21Cl2NO5/c1-12(2)28-18(19(24)25)9-13-4-3-5-16(8-13)23-20(26)27-11-14-6-7-15(21)10-17(14)22/h3-8,10,12,18H,9,11H2,1-2H3,(H,23,26)(H,24,25). The Hall–Kier alpha value is -2.28. The van der Waals surface area contributed by atoms with Gasteiger partial charge in [0.2, 0.25) is 0 Å². The highest BCUT2D eigenvalue weighted by atomic mass is 35.5. The molecule has 150 valence electrons. The third-order valence-electron chi connectivity index (χ3n) is 3.68. The molecule has 0 bridgehead atoms. The molecule has 0 radical (unpaired) electrons. The van der Waals surface area contributed by atoms with Gasteiger partial charge >= 0.3 is 12.1 Å². The van der Waals surface area contributed by atoms with E-state index >= 15 is 0 Å². The largest absolute Gasteiger partial charge is 0.479 e. The molecule has 2 aromatic carbocycles. The Morgan fingerprint density at radius 1 is 1.14 bits per heavy atom. The van der Waals surface area contributed by atoms with E-state index in [0.29, 0.717) is 26.9 Å². The van der Waals surface area contributed by atoms with Crippen molar-refractivity contribution in [3.63, 3.8) is 0 Å². The molecule has 2 aromatic rings. The second kappa shape index (κ2) is 10.3. The predicted octanol–water partition coefficient (Wildman–Crippen LogP) is 5.16. The van der Waals surface area contributed by atoms with Gasteiger partial charge in [-0.2, -0.15) is 0 Å². The van der Waals surface area contributed by atoms with Gasteiger partial charge in [0.25, 0.3) is 0 Å². The van der Waals surface area contributed by atoms with Gasteiger partial charge in [0.1, 0.15) is 6.61 Å². The van der Waals surface area contributed by atoms with Crippen molar-refractivity contribution in [3.05, 3.63) is 63.6 Å². The Labute approximate surface area is 173 Å². The Bertz CT molecular complexity index is 841. The molecule has 0 saturated heterocycles. The van der Waals surface area contributed by atoms with E-state index < -0.39 is 18.2 Å². The first-order valence-electron chi connectivity index (χ1n) is 8.59. The maximum Gasteiger partial charge on any atom is 0.411 e. The van der Waals surface area contributed by atoms with E-state index in [4.69, 9.17) is 32.7 Å². The van der Waals surface area contributed by atoms with Crippen LogP contribution in [0.25, 0.3) is 0 Å². The van der Waals surface area contributed by atoms with Gasteiger partial charge in [-0.25, -0.2) is 9.59 Å². The quantitative estimate of drug-likeness (QED) is 0.609. The fraction of sp³-hybridized carbons (Fsp3) is 0.300. The molecular formula is C20H21Cl2NO5. The molecule has 1 amide bonds. The number of amides is 1. The molecule has 6 nitrogen and oxygen atoms in total. The maximum absolute atomic E-state index is 12.0. The van der Waals surface area contributed by atoms with Crippen molar-refractivity contribution in [1.82, 2.24) is 0 Å². The summed E-state index contributed by atoms with van der Waals surface area (Å²) in [4.78, 5) is 23.4. The van der Waals surface area contributed by atoms with Crippen LogP contribution in [0.3, 0.4) is 0 Å². The lowest BCUT2D eigenvalue weighted by Gasteiger charge is -2.17. The van der Waals surface area contributed by atoms with Crippen molar-refractivity contribution in [2.45, 2.75) is 39.1 Å². The number of ether oxygens (including phenoxy) is 2. The maximum atomic E-state index is 12.0. The fourth-order valence-corrected chi connectivity index (χ4v) is 2.91. The van der Waals surface area contributed by atoms with E-state index in [-0.39, 0.29) is 19.1 Å². The number of benzene rings is 2. The molecule has 0 spiro atoms. The normalized spacial score (nSPS) is 11.9. The third kappa shape index (κ3) is 7.03. The lowest BCUT2D eigenvalue weighted by atomic mass is 10.1. The molecule has 0 aromatic heterocycles. The van der Waals surface area contributed by atoms with Gasteiger partial charge in [-0.3, -0.25) is 5.32 Å². The monoisotopic (exact) mass is 425 g/mol. The zero-order valence-corrected chi connectivity index (χ0v) is 17.0. The smallest absolute Gasteiger partial charge is 0.411 e. The van der Waals surface area contributed by atoms with Crippen molar-refractivity contribution in [2.75, 3.05) is 5.32 Å². The summed E-state index contributed by atoms with van der Waals surface area (Å²) in [6, 6.07) is 11.8. The number of halogens is 2. The van der Waals surface area contributed by atoms with E-state index in [2.05, 4.69) is 5.32 Å². The van der Waals surface area contributed by atoms with Crippen molar-refractivity contribution in [2.24, 2.45) is 0 Å². The molecule has 1 atom stereocenters. The van der Waals surface area contributed by atoms with Gasteiger partial charge < -0.3 is 14.6 Å². The average Bonchev–Trinajstić information content (AvgIpc) is 2.60. The van der Waals surface area contributed by atoms with Crippen LogP contribution >= 0.6 is 23.2 Å². The van der Waals surface area contributed by atoms with Crippen LogP contribution in [-0.4, -0.2) is 29.4 Å². The minimum Gasteiger partial charge on any atom is -0.479 e. The van der Waals surface area contributed by atoms with Gasteiger partial charge in [-0.05, 0) is 43.7 Å². The Morgan fingerprint density at radius 2 is 1.89 bits per heavy atom. The topological polar surface area (TPSA) is 84.9 Å². The second-order valence-electron chi connectivity index (χ2n) is 6.35. The Balaban J connectivity index is 1.95. The number of carboxylic acid groups (broad SMARTS) is 1. The van der Waals surface area contributed by atoms with Crippen LogP contribution in [0.4, 0.5) is 10.5 Å². The minimum absolute atomic E-state index is 0.00908. The summed E-state index contributed by atoms with van der Waals surface area (Å²) in [5.41, 5.74) is 1.83. The second-order valence-corrected chi connectivity index (χ2v) is 7.20. The van der Waals surface area contributed by atoms with E-state index in [1.165, 1.54) is 0 Å². The van der Waals surface area contributed by atoms with E-state index in [1.807, 2.05) is 0 Å². The molecule has 0 aliphatic heterocycles. The highest BCUT2D eigenvalue weighted by molar-refractivity contribution is 6.35. The summed E-state index contributed by atoms with van der Waals surface area (Å²) in [7, 11) is 0. The van der Waals surface area contributed by atoms with Crippen LogP contribution in [0.5, 0.6) is 0 Å². The zero-order valence-electron chi connectivity index (χ0n) is 15.4. The highest BCUT2D eigenvalue weighted by Gasteiger charge is 2.20. The molecule has 0 aliphatic rings. The number of carbonyl (C=O) groups is 2. The lowest BCUT2D eigenvalue weighted by molar-refractivity contribution is -0.153. The zero-order chi connectivity index (χ0) is 20.7. The molecule has 1 unspecified atom stereocenters. The molecule has 2 rings (SSSR count). The number of hydrogen-bond acceptors (Lipinski definition) is 4. The summed E-state index contributed by atoms with van der Waals surface area (Å²) < 4.78 is 10.6. The molecule has 2 N–H and O–H groups in total. The molecule has 0 saturated carbocycles. The van der Waals surface area contributed by atoms with Gasteiger partial charge in [0.05, 0.1) is 6.10 Å². The number of aliphatic carboxylic acids is 1. The van der Waals surface area contributed by atoms with Crippen LogP contribution in [-0.2, 0) is 27.3 Å². The van der Waals surface area contributed by atoms with Crippen molar-refractivity contribution in [1.29, 1.82) is 0 Å². The molecule has 0 aliphatic carbocycles. The fourth-order valence-electron chi connectivity index (χ4n) is 2.45. The van der Waals surface area contributed by atoms with Crippen LogP contribution < -0.4 is 5.32 Å². The number of anilines is 1. The number of carboxylic acids is 1. The molecular weight excluding hydrogens is 405 g/mol. The van der Waals surface area contributed by atoms with Crippen molar-refractivity contribution < 1.29 is 24.2 Å². The number of hydrogen-bond donors (Lipinski definition) is 2. The van der Waals surface area contributed by atoms with E-state index in [1.54, 1.807) is 56.3 Å². The summed E-state index contributed by atoms with van der Waals surface area (Å²) in [6.07, 6.45) is -1.65. The van der Waals surface area contributed by atoms with Crippen LogP contribution in [0, 0.1) is 0 Å². The Kier molecular flexibility index (Phi) is 8.11. The molecule has 0 heterocycles. The summed E-state index contributed by atoms with van der Waals surface area (Å²) in [5.74, 6) is -1.04. The number of rotatable bonds is 8. The first kappa shape index (κ1) is 22.0. The van der Waals surface area contributed by atoms with Crippen molar-refractivity contribution >= 4 is 41.0 Å². The summed E-state index contributed by atoms with van der Waals surface area (Å²) >= 11 is 11.9. The first-order chi connectivity index (χ1) is 13.2.